The first-order valence-electron chi connectivity index (χ1n) is 6.84. The molecular weight excluding hydrogens is 332 g/mol. The summed E-state index contributed by atoms with van der Waals surface area (Å²) in [5.41, 5.74) is 2.80. The number of H-pyrrole nitrogens is 1. The summed E-state index contributed by atoms with van der Waals surface area (Å²) >= 11 is 3.50. The minimum atomic E-state index is 0.288. The standard InChI is InChI=1S/C14H13BrN6/c15-10-4-9(5-16-6-10)11-2-1-3-21(11)14-12-13(18-7-17-12)19-8-20-14/h4-8,11H,1-3H2,(H,17,18,19,20). The first-order chi connectivity index (χ1) is 10.3. The van der Waals surface area contributed by atoms with Crippen molar-refractivity contribution in [1.82, 2.24) is 24.9 Å². The van der Waals surface area contributed by atoms with Crippen LogP contribution < -0.4 is 4.90 Å². The second kappa shape index (κ2) is 5.07. The SMILES string of the molecule is Brc1cncc(C2CCCN2c2ncnc3nc[nH]c23)c1. The third-order valence-corrected chi connectivity index (χ3v) is 4.27. The van der Waals surface area contributed by atoms with Gasteiger partial charge in [-0.1, -0.05) is 0 Å². The quantitative estimate of drug-likeness (QED) is 0.773. The van der Waals surface area contributed by atoms with Crippen molar-refractivity contribution >= 4 is 32.9 Å². The molecular formula is C14H13BrN6. The normalized spacial score (nSPS) is 18.5. The molecule has 6 nitrogen and oxygen atoms in total. The molecule has 0 aliphatic carbocycles. The number of aromatic amines is 1. The number of fused-ring (bicyclic) bond motifs is 1. The van der Waals surface area contributed by atoms with E-state index in [9.17, 15) is 0 Å². The number of hydrogen-bond donors (Lipinski definition) is 1. The fourth-order valence-electron chi connectivity index (χ4n) is 2.95. The highest BCUT2D eigenvalue weighted by atomic mass is 79.9. The van der Waals surface area contributed by atoms with Crippen molar-refractivity contribution in [3.8, 4) is 0 Å². The van der Waals surface area contributed by atoms with E-state index in [1.807, 2.05) is 6.20 Å². The molecule has 21 heavy (non-hydrogen) atoms. The zero-order valence-electron chi connectivity index (χ0n) is 11.2. The van der Waals surface area contributed by atoms with E-state index in [1.54, 1.807) is 18.9 Å². The van der Waals surface area contributed by atoms with E-state index in [1.165, 1.54) is 5.56 Å². The lowest BCUT2D eigenvalue weighted by Gasteiger charge is -2.26. The van der Waals surface area contributed by atoms with Crippen LogP contribution in [0.4, 0.5) is 5.82 Å². The van der Waals surface area contributed by atoms with Crippen molar-refractivity contribution in [2.24, 2.45) is 0 Å². The Bertz CT molecular complexity index is 786. The van der Waals surface area contributed by atoms with Gasteiger partial charge in [-0.25, -0.2) is 15.0 Å². The van der Waals surface area contributed by atoms with E-state index in [2.05, 4.69) is 51.8 Å². The fraction of sp³-hybridized carbons (Fsp3) is 0.286. The van der Waals surface area contributed by atoms with Crippen molar-refractivity contribution in [1.29, 1.82) is 0 Å². The molecule has 0 radical (unpaired) electrons. The van der Waals surface area contributed by atoms with Gasteiger partial charge < -0.3 is 9.88 Å². The summed E-state index contributed by atoms with van der Waals surface area (Å²) in [5, 5.41) is 0. The molecule has 3 aromatic rings. The van der Waals surface area contributed by atoms with Gasteiger partial charge in [-0.05, 0) is 40.4 Å². The van der Waals surface area contributed by atoms with Crippen LogP contribution in [-0.2, 0) is 0 Å². The highest BCUT2D eigenvalue weighted by Crippen LogP contribution is 2.37. The number of aromatic nitrogens is 5. The van der Waals surface area contributed by atoms with E-state index >= 15 is 0 Å². The van der Waals surface area contributed by atoms with Crippen molar-refractivity contribution < 1.29 is 0 Å². The summed E-state index contributed by atoms with van der Waals surface area (Å²) in [6.07, 6.45) is 9.20. The number of anilines is 1. The molecule has 1 N–H and O–H groups in total. The van der Waals surface area contributed by atoms with E-state index in [-0.39, 0.29) is 6.04 Å². The van der Waals surface area contributed by atoms with Crippen LogP contribution in [0.1, 0.15) is 24.4 Å². The van der Waals surface area contributed by atoms with Gasteiger partial charge in [-0.15, -0.1) is 0 Å². The van der Waals surface area contributed by atoms with Gasteiger partial charge in [-0.2, -0.15) is 0 Å². The Morgan fingerprint density at radius 2 is 2.19 bits per heavy atom. The summed E-state index contributed by atoms with van der Waals surface area (Å²) in [6, 6.07) is 2.41. The Morgan fingerprint density at radius 3 is 3.10 bits per heavy atom. The fourth-order valence-corrected chi connectivity index (χ4v) is 3.33. The lowest BCUT2D eigenvalue weighted by molar-refractivity contribution is 0.708. The van der Waals surface area contributed by atoms with Gasteiger partial charge in [-0.3, -0.25) is 4.98 Å². The zero-order chi connectivity index (χ0) is 14.2. The van der Waals surface area contributed by atoms with Crippen LogP contribution in [0.5, 0.6) is 0 Å². The zero-order valence-corrected chi connectivity index (χ0v) is 12.8. The van der Waals surface area contributed by atoms with E-state index in [0.29, 0.717) is 5.65 Å². The second-order valence-electron chi connectivity index (χ2n) is 5.09. The summed E-state index contributed by atoms with van der Waals surface area (Å²) in [6.45, 7) is 0.975. The van der Waals surface area contributed by atoms with Crippen LogP contribution in [-0.4, -0.2) is 31.5 Å². The lowest BCUT2D eigenvalue weighted by Crippen LogP contribution is -2.24. The van der Waals surface area contributed by atoms with Gasteiger partial charge in [0.05, 0.1) is 12.4 Å². The Kier molecular flexibility index (Phi) is 3.07. The predicted octanol–water partition coefficient (Wildman–Crippen LogP) is 2.85. The largest absolute Gasteiger partial charge is 0.348 e. The molecule has 0 spiro atoms. The molecule has 4 heterocycles. The molecule has 0 aromatic carbocycles. The van der Waals surface area contributed by atoms with Crippen LogP contribution in [0.25, 0.3) is 11.2 Å². The first-order valence-corrected chi connectivity index (χ1v) is 7.63. The monoisotopic (exact) mass is 344 g/mol. The van der Waals surface area contributed by atoms with Gasteiger partial charge >= 0.3 is 0 Å². The number of nitrogens with one attached hydrogen (secondary N) is 1. The maximum atomic E-state index is 4.47. The van der Waals surface area contributed by atoms with Gasteiger partial charge in [0.1, 0.15) is 11.8 Å². The summed E-state index contributed by atoms with van der Waals surface area (Å²) in [4.78, 5) is 22.6. The van der Waals surface area contributed by atoms with Crippen molar-refractivity contribution in [3.05, 3.63) is 41.2 Å². The molecule has 1 atom stereocenters. The highest BCUT2D eigenvalue weighted by molar-refractivity contribution is 9.10. The van der Waals surface area contributed by atoms with Crippen molar-refractivity contribution in [3.63, 3.8) is 0 Å². The van der Waals surface area contributed by atoms with Crippen molar-refractivity contribution in [2.75, 3.05) is 11.4 Å². The molecule has 0 bridgehead atoms. The third-order valence-electron chi connectivity index (χ3n) is 3.84. The van der Waals surface area contributed by atoms with Crippen LogP contribution in [0.2, 0.25) is 0 Å². The molecule has 1 unspecified atom stereocenters. The van der Waals surface area contributed by atoms with E-state index < -0.39 is 0 Å². The Hall–Kier alpha value is -2.02. The van der Waals surface area contributed by atoms with Gasteiger partial charge in [0.15, 0.2) is 11.5 Å². The molecule has 1 fully saturated rings. The van der Waals surface area contributed by atoms with Crippen LogP contribution in [0.15, 0.2) is 35.6 Å². The molecule has 1 aliphatic heterocycles. The maximum Gasteiger partial charge on any atom is 0.182 e. The molecule has 1 saturated heterocycles. The number of pyridine rings is 1. The minimum absolute atomic E-state index is 0.288. The number of rotatable bonds is 2. The third kappa shape index (κ3) is 2.17. The Balaban J connectivity index is 1.78. The number of imidazole rings is 1. The smallest absolute Gasteiger partial charge is 0.182 e. The predicted molar refractivity (Wildman–Crippen MR) is 82.9 cm³/mol. The molecule has 7 heteroatoms. The lowest BCUT2D eigenvalue weighted by atomic mass is 10.1. The van der Waals surface area contributed by atoms with Crippen LogP contribution in [0, 0.1) is 0 Å². The summed E-state index contributed by atoms with van der Waals surface area (Å²) < 4.78 is 1.00. The summed E-state index contributed by atoms with van der Waals surface area (Å²) in [5.74, 6) is 0.917. The highest BCUT2D eigenvalue weighted by Gasteiger charge is 2.29. The van der Waals surface area contributed by atoms with Gasteiger partial charge in [0.2, 0.25) is 0 Å². The molecule has 0 saturated carbocycles. The maximum absolute atomic E-state index is 4.47. The molecule has 106 valence electrons. The van der Waals surface area contributed by atoms with Gasteiger partial charge in [0, 0.05) is 23.4 Å². The average molecular weight is 345 g/mol. The van der Waals surface area contributed by atoms with Crippen LogP contribution >= 0.6 is 15.9 Å². The number of halogens is 1. The van der Waals surface area contributed by atoms with Crippen molar-refractivity contribution in [2.45, 2.75) is 18.9 Å². The van der Waals surface area contributed by atoms with E-state index in [4.69, 9.17) is 0 Å². The van der Waals surface area contributed by atoms with Gasteiger partial charge in [0.25, 0.3) is 0 Å². The van der Waals surface area contributed by atoms with Crippen LogP contribution in [0.3, 0.4) is 0 Å². The molecule has 0 amide bonds. The first kappa shape index (κ1) is 12.7. The second-order valence-corrected chi connectivity index (χ2v) is 6.00. The Labute approximate surface area is 129 Å². The van der Waals surface area contributed by atoms with E-state index in [0.717, 1.165) is 35.2 Å². The molecule has 1 aliphatic rings. The minimum Gasteiger partial charge on any atom is -0.348 e. The molecule has 3 aromatic heterocycles. The summed E-state index contributed by atoms with van der Waals surface area (Å²) in [7, 11) is 0. The topological polar surface area (TPSA) is 70.6 Å². The molecule has 4 rings (SSSR count). The number of hydrogen-bond acceptors (Lipinski definition) is 5. The Morgan fingerprint density at radius 1 is 1.24 bits per heavy atom. The average Bonchev–Trinajstić information content (AvgIpc) is 3.16. The number of nitrogens with zero attached hydrogens (tertiary/aromatic N) is 5.